The third kappa shape index (κ3) is 3.85. The van der Waals surface area contributed by atoms with E-state index in [-0.39, 0.29) is 0 Å². The predicted octanol–water partition coefficient (Wildman–Crippen LogP) is 2.70. The molecular weight excluding hydrogens is 260 g/mol. The molecule has 0 radical (unpaired) electrons. The lowest BCUT2D eigenvalue weighted by molar-refractivity contribution is 0.0147. The first-order chi connectivity index (χ1) is 9.97. The summed E-state index contributed by atoms with van der Waals surface area (Å²) in [6, 6.07) is 8.35. The fourth-order valence-corrected chi connectivity index (χ4v) is 3.27. The molecule has 1 saturated carbocycles. The maximum atomic E-state index is 10.4. The topological polar surface area (TPSA) is 26.7 Å². The Bertz CT molecular complexity index is 437. The smallest absolute Gasteiger partial charge is 0.0916 e. The van der Waals surface area contributed by atoms with Crippen LogP contribution in [0.1, 0.15) is 43.4 Å². The van der Waals surface area contributed by atoms with Crippen molar-refractivity contribution >= 4 is 0 Å². The molecule has 1 fully saturated rings. The number of rotatable bonds is 7. The summed E-state index contributed by atoms with van der Waals surface area (Å²) in [6.07, 6.45) is 4.51. The van der Waals surface area contributed by atoms with Gasteiger partial charge in [0.2, 0.25) is 0 Å². The summed E-state index contributed by atoms with van der Waals surface area (Å²) in [5.74, 6) is 0. The van der Waals surface area contributed by atoms with Crippen molar-refractivity contribution in [3.8, 4) is 0 Å². The Morgan fingerprint density at radius 2 is 1.76 bits per heavy atom. The molecule has 118 valence electrons. The fraction of sp³-hybridized carbons (Fsp3) is 0.667. The quantitative estimate of drug-likeness (QED) is 0.836. The number of aryl methyl sites for hydroxylation is 1. The van der Waals surface area contributed by atoms with Gasteiger partial charge in [-0.05, 0) is 58.0 Å². The van der Waals surface area contributed by atoms with Gasteiger partial charge in [0, 0.05) is 18.6 Å². The summed E-state index contributed by atoms with van der Waals surface area (Å²) in [4.78, 5) is 4.63. The van der Waals surface area contributed by atoms with Crippen LogP contribution in [0, 0.1) is 0 Å². The molecule has 0 amide bonds. The third-order valence-electron chi connectivity index (χ3n) is 5.05. The van der Waals surface area contributed by atoms with Gasteiger partial charge in [0.15, 0.2) is 0 Å². The van der Waals surface area contributed by atoms with Crippen LogP contribution in [-0.4, -0.2) is 54.7 Å². The van der Waals surface area contributed by atoms with E-state index in [1.54, 1.807) is 0 Å². The third-order valence-corrected chi connectivity index (χ3v) is 5.05. The summed E-state index contributed by atoms with van der Waals surface area (Å²) in [7, 11) is 6.47. The van der Waals surface area contributed by atoms with Crippen LogP contribution in [0.3, 0.4) is 0 Å². The maximum Gasteiger partial charge on any atom is 0.0916 e. The highest BCUT2D eigenvalue weighted by Gasteiger charge is 2.39. The number of benzene rings is 1. The molecule has 2 rings (SSSR count). The molecular formula is C18H30N2O. The first-order valence-electron chi connectivity index (χ1n) is 8.10. The van der Waals surface area contributed by atoms with Gasteiger partial charge < -0.3 is 14.9 Å². The Morgan fingerprint density at radius 1 is 1.14 bits per heavy atom. The normalized spacial score (nSPS) is 18.8. The zero-order valence-corrected chi connectivity index (χ0v) is 14.0. The second kappa shape index (κ2) is 6.91. The van der Waals surface area contributed by atoms with E-state index in [1.807, 2.05) is 0 Å². The predicted molar refractivity (Wildman–Crippen MR) is 88.5 cm³/mol. The van der Waals surface area contributed by atoms with Crippen LogP contribution in [0.5, 0.6) is 0 Å². The summed E-state index contributed by atoms with van der Waals surface area (Å²) in [5, 5.41) is 10.4. The SMILES string of the molecule is CCc1ccc(C(O)CN(C)CC2(N(C)C)CCC2)cc1. The lowest BCUT2D eigenvalue weighted by Crippen LogP contribution is -2.57. The second-order valence-corrected chi connectivity index (χ2v) is 6.78. The van der Waals surface area contributed by atoms with E-state index in [0.29, 0.717) is 12.1 Å². The molecule has 0 saturated heterocycles. The van der Waals surface area contributed by atoms with Crippen molar-refractivity contribution in [1.82, 2.24) is 9.80 Å². The molecule has 3 heteroatoms. The number of hydrogen-bond donors (Lipinski definition) is 1. The molecule has 1 aliphatic carbocycles. The highest BCUT2D eigenvalue weighted by atomic mass is 16.3. The van der Waals surface area contributed by atoms with Gasteiger partial charge in [0.25, 0.3) is 0 Å². The van der Waals surface area contributed by atoms with Crippen LogP contribution in [0.4, 0.5) is 0 Å². The van der Waals surface area contributed by atoms with E-state index >= 15 is 0 Å². The van der Waals surface area contributed by atoms with Crippen molar-refractivity contribution in [2.24, 2.45) is 0 Å². The number of aliphatic hydroxyl groups excluding tert-OH is 1. The molecule has 0 heterocycles. The van der Waals surface area contributed by atoms with E-state index < -0.39 is 6.10 Å². The average molecular weight is 290 g/mol. The lowest BCUT2D eigenvalue weighted by Gasteiger charge is -2.49. The zero-order valence-electron chi connectivity index (χ0n) is 14.0. The van der Waals surface area contributed by atoms with Gasteiger partial charge in [0.05, 0.1) is 6.10 Å². The van der Waals surface area contributed by atoms with Crippen LogP contribution >= 0.6 is 0 Å². The van der Waals surface area contributed by atoms with Crippen LogP contribution in [0.2, 0.25) is 0 Å². The van der Waals surface area contributed by atoms with E-state index in [4.69, 9.17) is 0 Å². The minimum absolute atomic E-state index is 0.320. The van der Waals surface area contributed by atoms with Crippen LogP contribution in [-0.2, 0) is 6.42 Å². The van der Waals surface area contributed by atoms with Crippen molar-refractivity contribution in [2.45, 2.75) is 44.2 Å². The summed E-state index contributed by atoms with van der Waals surface area (Å²) in [6.45, 7) is 3.88. The number of nitrogens with zero attached hydrogens (tertiary/aromatic N) is 2. The van der Waals surface area contributed by atoms with Crippen LogP contribution in [0.25, 0.3) is 0 Å². The Hall–Kier alpha value is -0.900. The van der Waals surface area contributed by atoms with Crippen molar-refractivity contribution in [3.05, 3.63) is 35.4 Å². The van der Waals surface area contributed by atoms with Gasteiger partial charge in [-0.15, -0.1) is 0 Å². The summed E-state index contributed by atoms with van der Waals surface area (Å²) < 4.78 is 0. The number of hydrogen-bond acceptors (Lipinski definition) is 3. The standard InChI is InChI=1S/C18H30N2O/c1-5-15-7-9-16(10-8-15)17(21)13-20(4)14-18(19(2)3)11-6-12-18/h7-10,17,21H,5-6,11-14H2,1-4H3. The highest BCUT2D eigenvalue weighted by molar-refractivity contribution is 5.24. The average Bonchev–Trinajstić information content (AvgIpc) is 2.42. The molecule has 0 bridgehead atoms. The maximum absolute atomic E-state index is 10.4. The Labute approximate surface area is 129 Å². The van der Waals surface area contributed by atoms with Crippen LogP contribution < -0.4 is 0 Å². The van der Waals surface area contributed by atoms with Gasteiger partial charge in [-0.25, -0.2) is 0 Å². The number of likely N-dealkylation sites (N-methyl/N-ethyl adjacent to an activating group) is 2. The molecule has 0 aromatic heterocycles. The molecule has 1 aromatic rings. The van der Waals surface area contributed by atoms with Gasteiger partial charge in [-0.2, -0.15) is 0 Å². The number of aliphatic hydroxyl groups is 1. The van der Waals surface area contributed by atoms with Crippen molar-refractivity contribution in [3.63, 3.8) is 0 Å². The molecule has 1 unspecified atom stereocenters. The van der Waals surface area contributed by atoms with Gasteiger partial charge in [-0.3, -0.25) is 0 Å². The van der Waals surface area contributed by atoms with Crippen molar-refractivity contribution in [1.29, 1.82) is 0 Å². The Morgan fingerprint density at radius 3 is 2.19 bits per heavy atom. The molecule has 1 aromatic carbocycles. The van der Waals surface area contributed by atoms with E-state index in [1.165, 1.54) is 24.8 Å². The Balaban J connectivity index is 1.90. The van der Waals surface area contributed by atoms with Crippen molar-refractivity contribution in [2.75, 3.05) is 34.2 Å². The monoisotopic (exact) mass is 290 g/mol. The molecule has 21 heavy (non-hydrogen) atoms. The molecule has 3 nitrogen and oxygen atoms in total. The second-order valence-electron chi connectivity index (χ2n) is 6.78. The summed E-state index contributed by atoms with van der Waals surface area (Å²) in [5.41, 5.74) is 2.66. The fourth-order valence-electron chi connectivity index (χ4n) is 3.27. The minimum atomic E-state index is -0.403. The summed E-state index contributed by atoms with van der Waals surface area (Å²) >= 11 is 0. The zero-order chi connectivity index (χ0) is 15.5. The first kappa shape index (κ1) is 16.5. The largest absolute Gasteiger partial charge is 0.387 e. The van der Waals surface area contributed by atoms with Gasteiger partial charge in [0.1, 0.15) is 0 Å². The molecule has 0 aliphatic heterocycles. The van der Waals surface area contributed by atoms with Gasteiger partial charge in [-0.1, -0.05) is 31.2 Å². The van der Waals surface area contributed by atoms with Crippen molar-refractivity contribution < 1.29 is 5.11 Å². The van der Waals surface area contributed by atoms with E-state index in [0.717, 1.165) is 18.5 Å². The minimum Gasteiger partial charge on any atom is -0.387 e. The van der Waals surface area contributed by atoms with Crippen LogP contribution in [0.15, 0.2) is 24.3 Å². The lowest BCUT2D eigenvalue weighted by atomic mass is 9.75. The van der Waals surface area contributed by atoms with Gasteiger partial charge >= 0.3 is 0 Å². The molecule has 1 N–H and O–H groups in total. The first-order valence-corrected chi connectivity index (χ1v) is 8.10. The van der Waals surface area contributed by atoms with E-state index in [9.17, 15) is 5.11 Å². The molecule has 1 aliphatic rings. The van der Waals surface area contributed by atoms with E-state index in [2.05, 4.69) is 62.1 Å². The molecule has 1 atom stereocenters. The molecule has 0 spiro atoms. The highest BCUT2D eigenvalue weighted by Crippen LogP contribution is 2.36. The Kier molecular flexibility index (Phi) is 5.42.